The molecule has 0 saturated heterocycles. The molecular weight excluding hydrogens is 392 g/mol. The van der Waals surface area contributed by atoms with Crippen molar-refractivity contribution in [2.45, 2.75) is 68.5 Å². The van der Waals surface area contributed by atoms with Crippen molar-refractivity contribution < 1.29 is 19.1 Å². The van der Waals surface area contributed by atoms with Crippen molar-refractivity contribution in [3.63, 3.8) is 0 Å². The van der Waals surface area contributed by atoms with Gasteiger partial charge in [-0.2, -0.15) is 0 Å². The molecule has 0 aliphatic heterocycles. The van der Waals surface area contributed by atoms with Gasteiger partial charge >= 0.3 is 0 Å². The van der Waals surface area contributed by atoms with Gasteiger partial charge in [-0.15, -0.1) is 0 Å². The minimum Gasteiger partial charge on any atom is -0.484 e. The average molecular weight is 419 g/mol. The Balaban J connectivity index is 0.981. The number of amides is 2. The lowest BCUT2D eigenvalue weighted by molar-refractivity contribution is -0.159. The minimum absolute atomic E-state index is 0.0283. The zero-order valence-electron chi connectivity index (χ0n) is 16.5. The Kier molecular flexibility index (Phi) is 4.55. The number of hydrogen-bond acceptors (Lipinski definition) is 4. The molecule has 1 aromatic carbocycles. The van der Waals surface area contributed by atoms with Gasteiger partial charge in [-0.25, -0.2) is 0 Å². The van der Waals surface area contributed by atoms with Gasteiger partial charge in [-0.1, -0.05) is 18.0 Å². The third kappa shape index (κ3) is 3.73. The number of benzene rings is 1. The quantitative estimate of drug-likeness (QED) is 0.680. The normalized spacial score (nSPS) is 30.9. The Bertz CT molecular complexity index is 793. The van der Waals surface area contributed by atoms with Gasteiger partial charge in [-0.3, -0.25) is 9.59 Å². The summed E-state index contributed by atoms with van der Waals surface area (Å²) in [6.07, 6.45) is 8.88. The molecule has 5 saturated carbocycles. The molecule has 5 aliphatic rings. The van der Waals surface area contributed by atoms with Gasteiger partial charge in [-0.05, 0) is 74.6 Å². The van der Waals surface area contributed by atoms with Crippen molar-refractivity contribution in [1.29, 1.82) is 0 Å². The van der Waals surface area contributed by atoms with Gasteiger partial charge in [0.1, 0.15) is 12.4 Å². The standard InChI is InChI=1S/C22H27ClN2O4/c23-15-2-4-16(5-3-15)28-10-18(26)24-21-12-22(13-21,14-21)25-19(27)11-29-17-8-20(9-17)6-1-7-20/h2-5,17H,1,6-14H2,(H,24,26)(H,25,27). The molecule has 0 aromatic heterocycles. The summed E-state index contributed by atoms with van der Waals surface area (Å²) in [6.45, 7) is 0.121. The van der Waals surface area contributed by atoms with E-state index in [9.17, 15) is 9.59 Å². The Hall–Kier alpha value is -1.79. The zero-order valence-corrected chi connectivity index (χ0v) is 17.2. The van der Waals surface area contributed by atoms with E-state index in [0.717, 1.165) is 32.1 Å². The lowest BCUT2D eigenvalue weighted by Gasteiger charge is -2.70. The third-order valence-corrected chi connectivity index (χ3v) is 7.46. The highest BCUT2D eigenvalue weighted by molar-refractivity contribution is 6.30. The van der Waals surface area contributed by atoms with Gasteiger partial charge in [0.05, 0.1) is 6.10 Å². The summed E-state index contributed by atoms with van der Waals surface area (Å²) in [4.78, 5) is 24.4. The number of carbonyl (C=O) groups is 2. The fourth-order valence-corrected chi connectivity index (χ4v) is 5.82. The van der Waals surface area contributed by atoms with Crippen molar-refractivity contribution in [3.8, 4) is 5.75 Å². The molecule has 5 fully saturated rings. The molecule has 1 aromatic rings. The van der Waals surface area contributed by atoms with E-state index in [0.29, 0.717) is 16.2 Å². The number of halogens is 1. The lowest BCUT2D eigenvalue weighted by Crippen LogP contribution is -2.84. The van der Waals surface area contributed by atoms with Crippen LogP contribution in [0.1, 0.15) is 51.4 Å². The van der Waals surface area contributed by atoms with E-state index in [1.165, 1.54) is 19.3 Å². The first kappa shape index (κ1) is 19.2. The molecule has 2 bridgehead atoms. The van der Waals surface area contributed by atoms with Crippen molar-refractivity contribution in [3.05, 3.63) is 29.3 Å². The van der Waals surface area contributed by atoms with Crippen molar-refractivity contribution in [2.24, 2.45) is 5.41 Å². The van der Waals surface area contributed by atoms with Crippen LogP contribution in [0.5, 0.6) is 5.75 Å². The Morgan fingerprint density at radius 3 is 2.10 bits per heavy atom. The summed E-state index contributed by atoms with van der Waals surface area (Å²) < 4.78 is 11.3. The van der Waals surface area contributed by atoms with Crippen LogP contribution in [-0.2, 0) is 14.3 Å². The van der Waals surface area contributed by atoms with Crippen LogP contribution in [0.4, 0.5) is 0 Å². The first-order valence-electron chi connectivity index (χ1n) is 10.5. The van der Waals surface area contributed by atoms with Gasteiger partial charge < -0.3 is 20.1 Å². The summed E-state index contributed by atoms with van der Waals surface area (Å²) >= 11 is 5.83. The molecule has 1 spiro atoms. The number of rotatable bonds is 8. The van der Waals surface area contributed by atoms with E-state index in [4.69, 9.17) is 21.1 Å². The van der Waals surface area contributed by atoms with E-state index in [-0.39, 0.29) is 42.2 Å². The lowest BCUT2D eigenvalue weighted by atomic mass is 9.44. The van der Waals surface area contributed by atoms with E-state index < -0.39 is 0 Å². The Labute approximate surface area is 175 Å². The maximum Gasteiger partial charge on any atom is 0.258 e. The molecular formula is C22H27ClN2O4. The number of hydrogen-bond donors (Lipinski definition) is 2. The third-order valence-electron chi connectivity index (χ3n) is 7.21. The summed E-state index contributed by atoms with van der Waals surface area (Å²) in [5.41, 5.74) is 0.232. The first-order valence-corrected chi connectivity index (χ1v) is 10.9. The van der Waals surface area contributed by atoms with Crippen molar-refractivity contribution >= 4 is 23.4 Å². The fourth-order valence-electron chi connectivity index (χ4n) is 5.70. The smallest absolute Gasteiger partial charge is 0.258 e. The highest BCUT2D eigenvalue weighted by atomic mass is 35.5. The van der Waals surface area contributed by atoms with Crippen LogP contribution >= 0.6 is 11.6 Å². The SMILES string of the molecule is O=C(COc1ccc(Cl)cc1)NC12CC(NC(=O)COC3CC4(CCC4)C3)(C1)C2. The van der Waals surface area contributed by atoms with E-state index in [1.54, 1.807) is 24.3 Å². The second-order valence-electron chi connectivity index (χ2n) is 9.62. The molecule has 6 nitrogen and oxygen atoms in total. The van der Waals surface area contributed by atoms with E-state index in [1.807, 2.05) is 0 Å². The predicted molar refractivity (Wildman–Crippen MR) is 108 cm³/mol. The summed E-state index contributed by atoms with van der Waals surface area (Å²) in [7, 11) is 0. The predicted octanol–water partition coefficient (Wildman–Crippen LogP) is 2.98. The van der Waals surface area contributed by atoms with Crippen molar-refractivity contribution in [1.82, 2.24) is 10.6 Å². The highest BCUT2D eigenvalue weighted by Gasteiger charge is 2.69. The van der Waals surface area contributed by atoms with Crippen LogP contribution in [0.25, 0.3) is 0 Å². The van der Waals surface area contributed by atoms with Crippen LogP contribution in [0, 0.1) is 5.41 Å². The fraction of sp³-hybridized carbons (Fsp3) is 0.636. The molecule has 2 amide bonds. The van der Waals surface area contributed by atoms with Gasteiger partial charge in [0.15, 0.2) is 6.61 Å². The van der Waals surface area contributed by atoms with Crippen LogP contribution in [0.15, 0.2) is 24.3 Å². The monoisotopic (exact) mass is 418 g/mol. The molecule has 156 valence electrons. The number of nitrogens with one attached hydrogen (secondary N) is 2. The van der Waals surface area contributed by atoms with E-state index in [2.05, 4.69) is 10.6 Å². The van der Waals surface area contributed by atoms with Crippen molar-refractivity contribution in [2.75, 3.05) is 13.2 Å². The summed E-state index contributed by atoms with van der Waals surface area (Å²) in [5, 5.41) is 6.80. The number of carbonyl (C=O) groups excluding carboxylic acids is 2. The van der Waals surface area contributed by atoms with Crippen LogP contribution in [0.3, 0.4) is 0 Å². The molecule has 2 N–H and O–H groups in total. The Morgan fingerprint density at radius 1 is 0.966 bits per heavy atom. The molecule has 7 heteroatoms. The molecule has 0 unspecified atom stereocenters. The molecule has 5 aliphatic carbocycles. The molecule has 0 heterocycles. The van der Waals surface area contributed by atoms with E-state index >= 15 is 0 Å². The first-order chi connectivity index (χ1) is 13.9. The summed E-state index contributed by atoms with van der Waals surface area (Å²) in [5.74, 6) is 0.434. The maximum absolute atomic E-state index is 12.2. The van der Waals surface area contributed by atoms with Gasteiger partial charge in [0.2, 0.25) is 5.91 Å². The second kappa shape index (κ2) is 6.88. The number of ether oxygens (including phenoxy) is 2. The van der Waals surface area contributed by atoms with Crippen LogP contribution in [0.2, 0.25) is 5.02 Å². The Morgan fingerprint density at radius 2 is 1.55 bits per heavy atom. The molecule has 0 radical (unpaired) electrons. The zero-order chi connectivity index (χ0) is 20.1. The molecule has 0 atom stereocenters. The average Bonchev–Trinajstić information content (AvgIpc) is 2.55. The van der Waals surface area contributed by atoms with Crippen LogP contribution < -0.4 is 15.4 Å². The minimum atomic E-state index is -0.181. The highest BCUT2D eigenvalue weighted by Crippen LogP contribution is 2.60. The second-order valence-corrected chi connectivity index (χ2v) is 10.1. The van der Waals surface area contributed by atoms with Gasteiger partial charge in [0.25, 0.3) is 5.91 Å². The molecule has 6 rings (SSSR count). The molecule has 29 heavy (non-hydrogen) atoms. The maximum atomic E-state index is 12.2. The van der Waals surface area contributed by atoms with Gasteiger partial charge in [0, 0.05) is 16.1 Å². The van der Waals surface area contributed by atoms with Crippen LogP contribution in [-0.4, -0.2) is 42.2 Å². The topological polar surface area (TPSA) is 76.7 Å². The largest absolute Gasteiger partial charge is 0.484 e. The summed E-state index contributed by atoms with van der Waals surface area (Å²) in [6, 6.07) is 6.92.